The van der Waals surface area contributed by atoms with Crippen molar-refractivity contribution in [3.63, 3.8) is 0 Å². The molecule has 2 rings (SSSR count). The molecule has 1 aliphatic rings. The molecule has 0 aliphatic heterocycles. The van der Waals surface area contributed by atoms with Crippen LogP contribution in [0.25, 0.3) is 0 Å². The number of hydrogen-bond donors (Lipinski definition) is 2. The summed E-state index contributed by atoms with van der Waals surface area (Å²) in [4.78, 5) is 25.8. The molecule has 1 saturated carbocycles. The third-order valence-electron chi connectivity index (χ3n) is 4.45. The second-order valence-corrected chi connectivity index (χ2v) is 6.46. The lowest BCUT2D eigenvalue weighted by Crippen LogP contribution is -2.48. The fourth-order valence-electron chi connectivity index (χ4n) is 2.46. The van der Waals surface area contributed by atoms with Gasteiger partial charge in [0.25, 0.3) is 0 Å². The number of methoxy groups -OCH3 is 2. The highest BCUT2D eigenvalue weighted by atomic mass is 16.5. The third-order valence-corrected chi connectivity index (χ3v) is 4.45. The van der Waals surface area contributed by atoms with Crippen molar-refractivity contribution in [3.05, 3.63) is 23.3 Å². The lowest BCUT2D eigenvalue weighted by molar-refractivity contribution is -0.124. The lowest BCUT2D eigenvalue weighted by atomic mass is 10.1. The summed E-state index contributed by atoms with van der Waals surface area (Å²) >= 11 is 0. The number of rotatable bonds is 7. The monoisotopic (exact) mass is 349 g/mol. The second kappa shape index (κ2) is 8.20. The molecule has 2 N–H and O–H groups in total. The van der Waals surface area contributed by atoms with Gasteiger partial charge in [0.15, 0.2) is 11.5 Å². The van der Waals surface area contributed by atoms with E-state index in [4.69, 9.17) is 9.47 Å². The zero-order valence-corrected chi connectivity index (χ0v) is 15.5. The van der Waals surface area contributed by atoms with Crippen LogP contribution in [-0.4, -0.2) is 50.2 Å². The van der Waals surface area contributed by atoms with Crippen LogP contribution in [0, 0.1) is 6.92 Å². The van der Waals surface area contributed by atoms with Crippen molar-refractivity contribution >= 4 is 11.9 Å². The first-order valence-corrected chi connectivity index (χ1v) is 8.38. The van der Waals surface area contributed by atoms with Crippen LogP contribution < -0.4 is 20.1 Å². The van der Waals surface area contributed by atoms with E-state index in [1.807, 2.05) is 31.0 Å². The molecular weight excluding hydrogens is 322 g/mol. The number of hydrogen-bond acceptors (Lipinski definition) is 5. The highest BCUT2D eigenvalue weighted by Crippen LogP contribution is 2.30. The van der Waals surface area contributed by atoms with Crippen LogP contribution in [0.2, 0.25) is 0 Å². The average Bonchev–Trinajstić information content (AvgIpc) is 3.38. The Morgan fingerprint density at radius 1 is 1.24 bits per heavy atom. The molecule has 1 aromatic rings. The van der Waals surface area contributed by atoms with Gasteiger partial charge in [0.1, 0.15) is 0 Å². The minimum absolute atomic E-state index is 0.218. The van der Waals surface area contributed by atoms with Crippen LogP contribution in [0.5, 0.6) is 11.5 Å². The number of urea groups is 1. The van der Waals surface area contributed by atoms with E-state index >= 15 is 0 Å². The van der Waals surface area contributed by atoms with Crippen LogP contribution in [0.4, 0.5) is 4.79 Å². The summed E-state index contributed by atoms with van der Waals surface area (Å²) in [6, 6.07) is 3.17. The molecule has 7 heteroatoms. The van der Waals surface area contributed by atoms with Gasteiger partial charge < -0.3 is 14.8 Å². The van der Waals surface area contributed by atoms with E-state index in [-0.39, 0.29) is 11.9 Å². The predicted octanol–water partition coefficient (Wildman–Crippen LogP) is 1.82. The SMILES string of the molecule is COc1cc(C)c(CN(C)[C@@H](C)C(=O)NC(=O)NC2CC2)cc1OC. The molecule has 0 radical (unpaired) electrons. The number of nitrogens with zero attached hydrogens (tertiary/aromatic N) is 1. The van der Waals surface area contributed by atoms with E-state index in [0.717, 1.165) is 24.0 Å². The molecule has 138 valence electrons. The zero-order chi connectivity index (χ0) is 18.6. The number of nitrogens with one attached hydrogen (secondary N) is 2. The first-order valence-electron chi connectivity index (χ1n) is 8.38. The van der Waals surface area contributed by atoms with Gasteiger partial charge in [-0.05, 0) is 57.0 Å². The van der Waals surface area contributed by atoms with Gasteiger partial charge in [-0.2, -0.15) is 0 Å². The van der Waals surface area contributed by atoms with Crippen molar-refractivity contribution in [2.45, 2.75) is 45.3 Å². The Hall–Kier alpha value is -2.28. The number of ether oxygens (including phenoxy) is 2. The molecule has 0 heterocycles. The summed E-state index contributed by atoms with van der Waals surface area (Å²) in [5.41, 5.74) is 2.07. The van der Waals surface area contributed by atoms with Crippen molar-refractivity contribution in [1.29, 1.82) is 0 Å². The molecule has 0 aromatic heterocycles. The molecule has 0 saturated heterocycles. The van der Waals surface area contributed by atoms with Crippen LogP contribution in [0.1, 0.15) is 30.9 Å². The van der Waals surface area contributed by atoms with Crippen molar-refractivity contribution in [1.82, 2.24) is 15.5 Å². The van der Waals surface area contributed by atoms with Gasteiger partial charge in [-0.15, -0.1) is 0 Å². The average molecular weight is 349 g/mol. The van der Waals surface area contributed by atoms with Gasteiger partial charge in [-0.25, -0.2) is 4.79 Å². The Kier molecular flexibility index (Phi) is 6.25. The second-order valence-electron chi connectivity index (χ2n) is 6.46. The summed E-state index contributed by atoms with van der Waals surface area (Å²) < 4.78 is 10.6. The molecule has 25 heavy (non-hydrogen) atoms. The van der Waals surface area contributed by atoms with E-state index in [1.54, 1.807) is 21.1 Å². The quantitative estimate of drug-likeness (QED) is 0.785. The summed E-state index contributed by atoms with van der Waals surface area (Å²) in [7, 11) is 5.04. The molecule has 0 unspecified atom stereocenters. The van der Waals surface area contributed by atoms with Gasteiger partial charge in [0, 0.05) is 12.6 Å². The molecule has 0 spiro atoms. The van der Waals surface area contributed by atoms with E-state index in [9.17, 15) is 9.59 Å². The number of carbonyl (C=O) groups excluding carboxylic acids is 2. The van der Waals surface area contributed by atoms with E-state index < -0.39 is 12.1 Å². The Labute approximate surface area is 148 Å². The van der Waals surface area contributed by atoms with Gasteiger partial charge in [0.2, 0.25) is 5.91 Å². The maximum Gasteiger partial charge on any atom is 0.321 e. The topological polar surface area (TPSA) is 79.9 Å². The van der Waals surface area contributed by atoms with Crippen molar-refractivity contribution in [2.24, 2.45) is 0 Å². The summed E-state index contributed by atoms with van der Waals surface area (Å²) in [6.45, 7) is 4.31. The molecule has 1 aromatic carbocycles. The maximum atomic E-state index is 12.2. The maximum absolute atomic E-state index is 12.2. The highest BCUT2D eigenvalue weighted by Gasteiger charge is 2.26. The minimum Gasteiger partial charge on any atom is -0.493 e. The van der Waals surface area contributed by atoms with E-state index in [1.165, 1.54) is 0 Å². The van der Waals surface area contributed by atoms with Gasteiger partial charge >= 0.3 is 6.03 Å². The van der Waals surface area contributed by atoms with Crippen LogP contribution in [0.15, 0.2) is 12.1 Å². The first-order chi connectivity index (χ1) is 11.8. The zero-order valence-electron chi connectivity index (χ0n) is 15.5. The number of imide groups is 1. The fraction of sp³-hybridized carbons (Fsp3) is 0.556. The highest BCUT2D eigenvalue weighted by molar-refractivity contribution is 5.96. The van der Waals surface area contributed by atoms with E-state index in [0.29, 0.717) is 18.0 Å². The molecule has 0 bridgehead atoms. The van der Waals surface area contributed by atoms with Crippen molar-refractivity contribution in [3.8, 4) is 11.5 Å². The smallest absolute Gasteiger partial charge is 0.321 e. The van der Waals surface area contributed by atoms with Crippen molar-refractivity contribution < 1.29 is 19.1 Å². The third kappa shape index (κ3) is 5.09. The van der Waals surface area contributed by atoms with Gasteiger partial charge in [0.05, 0.1) is 20.3 Å². The Morgan fingerprint density at radius 3 is 2.40 bits per heavy atom. The largest absolute Gasteiger partial charge is 0.493 e. The number of likely N-dealkylation sites (N-methyl/N-ethyl adjacent to an activating group) is 1. The Balaban J connectivity index is 1.98. The molecule has 1 atom stereocenters. The fourth-order valence-corrected chi connectivity index (χ4v) is 2.46. The van der Waals surface area contributed by atoms with Gasteiger partial charge in [-0.3, -0.25) is 15.0 Å². The first kappa shape index (κ1) is 19.1. The number of benzene rings is 1. The standard InChI is InChI=1S/C18H27N3O4/c1-11-8-15(24-4)16(25-5)9-13(11)10-21(3)12(2)17(22)20-18(23)19-14-6-7-14/h8-9,12,14H,6-7,10H2,1-5H3,(H2,19,20,22,23)/t12-/m0/s1. The van der Waals surface area contributed by atoms with E-state index in [2.05, 4.69) is 10.6 Å². The van der Waals surface area contributed by atoms with Crippen LogP contribution in [0.3, 0.4) is 0 Å². The normalized spacial score (nSPS) is 14.8. The Morgan fingerprint density at radius 2 is 1.84 bits per heavy atom. The lowest BCUT2D eigenvalue weighted by Gasteiger charge is -2.25. The molecule has 3 amide bonds. The van der Waals surface area contributed by atoms with Gasteiger partial charge in [-0.1, -0.05) is 0 Å². The molecule has 1 aliphatic carbocycles. The van der Waals surface area contributed by atoms with Crippen molar-refractivity contribution in [2.75, 3.05) is 21.3 Å². The predicted molar refractivity (Wildman–Crippen MR) is 94.9 cm³/mol. The van der Waals surface area contributed by atoms with Crippen LogP contribution in [-0.2, 0) is 11.3 Å². The Bertz CT molecular complexity index is 643. The molecule has 7 nitrogen and oxygen atoms in total. The van der Waals surface area contributed by atoms with Crippen LogP contribution >= 0.6 is 0 Å². The number of carbonyl (C=O) groups is 2. The summed E-state index contributed by atoms with van der Waals surface area (Å²) in [6.07, 6.45) is 1.96. The summed E-state index contributed by atoms with van der Waals surface area (Å²) in [5.74, 6) is 1.00. The molecular formula is C18H27N3O4. The number of aryl methyl sites for hydroxylation is 1. The summed E-state index contributed by atoms with van der Waals surface area (Å²) in [5, 5.41) is 5.14. The molecule has 1 fully saturated rings. The number of amides is 3. The minimum atomic E-state index is -0.447.